The summed E-state index contributed by atoms with van der Waals surface area (Å²) < 4.78 is 3.83. The number of nitrogens with zero attached hydrogens (tertiary/aromatic N) is 4. The third kappa shape index (κ3) is 1.44. The van der Waals surface area contributed by atoms with Gasteiger partial charge in [-0.3, -0.25) is 5.10 Å². The zero-order valence-electron chi connectivity index (χ0n) is 7.40. The maximum Gasteiger partial charge on any atom is 0.194 e. The van der Waals surface area contributed by atoms with E-state index in [1.807, 2.05) is 13.8 Å². The average molecular weight is 195 g/mol. The largest absolute Gasteiger partial charge is 0.263 e. The van der Waals surface area contributed by atoms with Gasteiger partial charge in [-0.2, -0.15) is 5.10 Å². The molecule has 2 heterocycles. The number of hydrogen-bond donors (Lipinski definition) is 1. The summed E-state index contributed by atoms with van der Waals surface area (Å²) in [6.07, 6.45) is 0.859. The quantitative estimate of drug-likeness (QED) is 0.781. The Hall–Kier alpha value is -1.30. The fraction of sp³-hybridized carbons (Fsp3) is 0.429. The van der Waals surface area contributed by atoms with Crippen molar-refractivity contribution in [3.05, 3.63) is 11.5 Å². The van der Waals surface area contributed by atoms with Gasteiger partial charge in [0.1, 0.15) is 10.7 Å². The first kappa shape index (κ1) is 8.31. The predicted molar refractivity (Wildman–Crippen MR) is 49.4 cm³/mol. The maximum atomic E-state index is 4.30. The number of aryl methyl sites for hydroxylation is 2. The topological polar surface area (TPSA) is 67.3 Å². The van der Waals surface area contributed by atoms with Crippen molar-refractivity contribution < 1.29 is 0 Å². The Morgan fingerprint density at radius 1 is 1.46 bits per heavy atom. The van der Waals surface area contributed by atoms with Crippen LogP contribution in [0.4, 0.5) is 0 Å². The van der Waals surface area contributed by atoms with Gasteiger partial charge in [0, 0.05) is 6.42 Å². The van der Waals surface area contributed by atoms with E-state index in [0.717, 1.165) is 22.8 Å². The summed E-state index contributed by atoms with van der Waals surface area (Å²) in [7, 11) is 0. The maximum absolute atomic E-state index is 4.30. The first-order chi connectivity index (χ1) is 6.31. The van der Waals surface area contributed by atoms with E-state index in [1.54, 1.807) is 0 Å². The Bertz CT molecular complexity index is 404. The minimum atomic E-state index is 0.698. The first-order valence-corrected chi connectivity index (χ1v) is 4.79. The van der Waals surface area contributed by atoms with Crippen molar-refractivity contribution in [1.29, 1.82) is 0 Å². The summed E-state index contributed by atoms with van der Waals surface area (Å²) in [6.45, 7) is 3.93. The molecule has 13 heavy (non-hydrogen) atoms. The molecule has 0 fully saturated rings. The van der Waals surface area contributed by atoms with Crippen LogP contribution in [0, 0.1) is 6.92 Å². The van der Waals surface area contributed by atoms with Crippen LogP contribution in [0.15, 0.2) is 0 Å². The number of aromatic nitrogens is 5. The summed E-state index contributed by atoms with van der Waals surface area (Å²) in [5.41, 5.74) is 0.881. The minimum absolute atomic E-state index is 0.698. The van der Waals surface area contributed by atoms with Gasteiger partial charge < -0.3 is 0 Å². The molecule has 0 aliphatic heterocycles. The molecule has 0 unspecified atom stereocenters. The van der Waals surface area contributed by atoms with E-state index < -0.39 is 0 Å². The fourth-order valence-corrected chi connectivity index (χ4v) is 1.58. The molecule has 0 saturated carbocycles. The molecule has 2 rings (SSSR count). The molecular formula is C7H9N5S. The summed E-state index contributed by atoms with van der Waals surface area (Å²) >= 11 is 1.32. The van der Waals surface area contributed by atoms with Crippen molar-refractivity contribution in [3.8, 4) is 10.7 Å². The molecule has 0 aliphatic rings. The Balaban J connectivity index is 2.41. The molecule has 0 amide bonds. The molecule has 0 aliphatic carbocycles. The van der Waals surface area contributed by atoms with Gasteiger partial charge in [0.05, 0.1) is 5.69 Å². The monoisotopic (exact) mass is 195 g/mol. The Morgan fingerprint density at radius 2 is 2.31 bits per heavy atom. The number of rotatable bonds is 2. The zero-order valence-corrected chi connectivity index (χ0v) is 8.22. The molecular weight excluding hydrogens is 186 g/mol. The van der Waals surface area contributed by atoms with E-state index in [0.29, 0.717) is 5.82 Å². The van der Waals surface area contributed by atoms with Gasteiger partial charge >= 0.3 is 0 Å². The Morgan fingerprint density at radius 3 is 2.85 bits per heavy atom. The van der Waals surface area contributed by atoms with Crippen molar-refractivity contribution in [2.45, 2.75) is 20.3 Å². The third-order valence-corrected chi connectivity index (χ3v) is 2.55. The second kappa shape index (κ2) is 3.21. The third-order valence-electron chi connectivity index (χ3n) is 1.72. The van der Waals surface area contributed by atoms with Crippen molar-refractivity contribution >= 4 is 11.5 Å². The molecule has 1 N–H and O–H groups in total. The molecule has 0 bridgehead atoms. The molecule has 0 aromatic carbocycles. The van der Waals surface area contributed by atoms with Gasteiger partial charge in [-0.15, -0.1) is 5.10 Å². The smallest absolute Gasteiger partial charge is 0.194 e. The zero-order chi connectivity index (χ0) is 9.26. The van der Waals surface area contributed by atoms with Crippen LogP contribution in [0.3, 0.4) is 0 Å². The molecule has 2 aromatic rings. The van der Waals surface area contributed by atoms with E-state index in [1.165, 1.54) is 11.5 Å². The average Bonchev–Trinajstić information content (AvgIpc) is 2.71. The number of hydrogen-bond acceptors (Lipinski definition) is 5. The summed E-state index contributed by atoms with van der Waals surface area (Å²) in [6, 6.07) is 0. The van der Waals surface area contributed by atoms with Gasteiger partial charge in [-0.25, -0.2) is 4.98 Å². The molecule has 0 spiro atoms. The van der Waals surface area contributed by atoms with Crippen molar-refractivity contribution in [2.75, 3.05) is 0 Å². The molecule has 68 valence electrons. The predicted octanol–water partition coefficient (Wildman–Crippen LogP) is 1.19. The Labute approximate surface area is 79.4 Å². The van der Waals surface area contributed by atoms with Crippen LogP contribution in [-0.2, 0) is 6.42 Å². The van der Waals surface area contributed by atoms with E-state index in [4.69, 9.17) is 0 Å². The van der Waals surface area contributed by atoms with Crippen LogP contribution in [0.25, 0.3) is 10.7 Å². The van der Waals surface area contributed by atoms with Crippen molar-refractivity contribution in [2.24, 2.45) is 0 Å². The van der Waals surface area contributed by atoms with Gasteiger partial charge in [-0.1, -0.05) is 11.4 Å². The highest BCUT2D eigenvalue weighted by Crippen LogP contribution is 2.21. The SMILES string of the molecule is CCc1nc(-c2snnc2C)n[nH]1. The van der Waals surface area contributed by atoms with Crippen molar-refractivity contribution in [3.63, 3.8) is 0 Å². The fourth-order valence-electron chi connectivity index (χ4n) is 0.992. The van der Waals surface area contributed by atoms with Crippen LogP contribution in [-0.4, -0.2) is 24.8 Å². The lowest BCUT2D eigenvalue weighted by atomic mass is 10.4. The van der Waals surface area contributed by atoms with E-state index in [2.05, 4.69) is 24.8 Å². The van der Waals surface area contributed by atoms with Crippen molar-refractivity contribution in [1.82, 2.24) is 24.8 Å². The lowest BCUT2D eigenvalue weighted by molar-refractivity contribution is 0.946. The molecule has 5 nitrogen and oxygen atoms in total. The van der Waals surface area contributed by atoms with Gasteiger partial charge in [0.15, 0.2) is 5.82 Å². The summed E-state index contributed by atoms with van der Waals surface area (Å²) in [5.74, 6) is 1.59. The van der Waals surface area contributed by atoms with Gasteiger partial charge in [0.25, 0.3) is 0 Å². The molecule has 0 saturated heterocycles. The molecule has 0 atom stereocenters. The standard InChI is InChI=1S/C7H9N5S/c1-3-5-8-7(11-10-5)6-4(2)9-12-13-6/h3H2,1-2H3,(H,8,10,11). The molecule has 2 aromatic heterocycles. The van der Waals surface area contributed by atoms with Crippen LogP contribution in [0.2, 0.25) is 0 Å². The Kier molecular flexibility index (Phi) is 2.05. The first-order valence-electron chi connectivity index (χ1n) is 4.02. The molecule has 0 radical (unpaired) electrons. The normalized spacial score (nSPS) is 10.6. The second-order valence-electron chi connectivity index (χ2n) is 2.65. The highest BCUT2D eigenvalue weighted by molar-refractivity contribution is 7.09. The van der Waals surface area contributed by atoms with Crippen LogP contribution in [0.1, 0.15) is 18.4 Å². The lowest BCUT2D eigenvalue weighted by Gasteiger charge is -1.86. The number of nitrogens with one attached hydrogen (secondary N) is 1. The number of H-pyrrole nitrogens is 1. The minimum Gasteiger partial charge on any atom is -0.263 e. The summed E-state index contributed by atoms with van der Waals surface area (Å²) in [5, 5.41) is 10.8. The van der Waals surface area contributed by atoms with Gasteiger partial charge in [-0.05, 0) is 18.5 Å². The number of aromatic amines is 1. The summed E-state index contributed by atoms with van der Waals surface area (Å²) in [4.78, 5) is 5.24. The molecule has 6 heteroatoms. The highest BCUT2D eigenvalue weighted by atomic mass is 32.1. The second-order valence-corrected chi connectivity index (χ2v) is 3.40. The van der Waals surface area contributed by atoms with E-state index in [-0.39, 0.29) is 0 Å². The lowest BCUT2D eigenvalue weighted by Crippen LogP contribution is -1.82. The van der Waals surface area contributed by atoms with E-state index in [9.17, 15) is 0 Å². The van der Waals surface area contributed by atoms with Gasteiger partial charge in [0.2, 0.25) is 0 Å². The van der Waals surface area contributed by atoms with Crippen LogP contribution >= 0.6 is 11.5 Å². The van der Waals surface area contributed by atoms with Crippen LogP contribution in [0.5, 0.6) is 0 Å². The highest BCUT2D eigenvalue weighted by Gasteiger charge is 2.10. The van der Waals surface area contributed by atoms with Crippen LogP contribution < -0.4 is 0 Å². The van der Waals surface area contributed by atoms with E-state index >= 15 is 0 Å².